The molecule has 20 heavy (non-hydrogen) atoms. The van der Waals surface area contributed by atoms with Gasteiger partial charge in [0.25, 0.3) is 0 Å². The number of carboxylic acid groups (broad SMARTS) is 1. The number of aliphatic carboxylic acids is 1. The van der Waals surface area contributed by atoms with E-state index in [4.69, 9.17) is 5.11 Å². The topological polar surface area (TPSA) is 86.7 Å². The first kappa shape index (κ1) is 16.5. The summed E-state index contributed by atoms with van der Waals surface area (Å²) in [6.45, 7) is 8.01. The van der Waals surface area contributed by atoms with Gasteiger partial charge in [-0.05, 0) is 25.7 Å². The Morgan fingerprint density at radius 2 is 2.00 bits per heavy atom. The average Bonchev–Trinajstić information content (AvgIpc) is 2.57. The first-order valence-corrected chi connectivity index (χ1v) is 6.94. The first-order valence-electron chi connectivity index (χ1n) is 6.94. The summed E-state index contributed by atoms with van der Waals surface area (Å²) < 4.78 is 0. The van der Waals surface area contributed by atoms with Gasteiger partial charge in [0.05, 0.1) is 6.42 Å². The van der Waals surface area contributed by atoms with Crippen molar-refractivity contribution in [3.05, 3.63) is 0 Å². The van der Waals surface area contributed by atoms with Crippen LogP contribution in [0.1, 0.15) is 47.0 Å². The minimum atomic E-state index is -0.925. The minimum absolute atomic E-state index is 0.0515. The van der Waals surface area contributed by atoms with Crippen LogP contribution < -0.4 is 5.32 Å². The summed E-state index contributed by atoms with van der Waals surface area (Å²) in [6, 6.07) is -0.335. The molecule has 0 saturated carbocycles. The summed E-state index contributed by atoms with van der Waals surface area (Å²) in [5, 5.41) is 11.5. The Kier molecular flexibility index (Phi) is 5.14. The largest absolute Gasteiger partial charge is 0.481 e. The molecule has 6 nitrogen and oxygen atoms in total. The van der Waals surface area contributed by atoms with Crippen molar-refractivity contribution in [1.29, 1.82) is 0 Å². The normalized spacial score (nSPS) is 19.6. The highest BCUT2D eigenvalue weighted by molar-refractivity contribution is 5.89. The standard InChI is InChI=1S/C14H24N2O4/c1-9(2)16-6-5-10(13(16)20)15-11(17)7-14(3,4)8-12(18)19/h9-10H,5-8H2,1-4H3,(H,15,17)(H,18,19). The van der Waals surface area contributed by atoms with Gasteiger partial charge in [-0.25, -0.2) is 0 Å². The molecule has 0 aromatic rings. The first-order chi connectivity index (χ1) is 9.12. The molecule has 1 atom stereocenters. The van der Waals surface area contributed by atoms with Crippen LogP contribution in [0.15, 0.2) is 0 Å². The van der Waals surface area contributed by atoms with Crippen molar-refractivity contribution in [3.8, 4) is 0 Å². The highest BCUT2D eigenvalue weighted by atomic mass is 16.4. The van der Waals surface area contributed by atoms with E-state index in [1.165, 1.54) is 0 Å². The van der Waals surface area contributed by atoms with Gasteiger partial charge >= 0.3 is 5.97 Å². The molecule has 0 aromatic carbocycles. The lowest BCUT2D eigenvalue weighted by atomic mass is 9.85. The number of hydrogen-bond acceptors (Lipinski definition) is 3. The van der Waals surface area contributed by atoms with Crippen molar-refractivity contribution >= 4 is 17.8 Å². The lowest BCUT2D eigenvalue weighted by Gasteiger charge is -2.23. The summed E-state index contributed by atoms with van der Waals surface area (Å²) in [6.07, 6.45) is 0.643. The van der Waals surface area contributed by atoms with E-state index in [1.54, 1.807) is 18.7 Å². The summed E-state index contributed by atoms with van der Waals surface area (Å²) in [5.74, 6) is -1.24. The van der Waals surface area contributed by atoms with E-state index in [0.717, 1.165) is 0 Å². The molecule has 0 spiro atoms. The predicted molar refractivity (Wildman–Crippen MR) is 74.0 cm³/mol. The summed E-state index contributed by atoms with van der Waals surface area (Å²) in [5.41, 5.74) is -0.616. The number of nitrogens with zero attached hydrogens (tertiary/aromatic N) is 1. The third-order valence-corrected chi connectivity index (χ3v) is 3.47. The molecule has 1 aliphatic heterocycles. The highest BCUT2D eigenvalue weighted by Crippen LogP contribution is 2.25. The lowest BCUT2D eigenvalue weighted by Crippen LogP contribution is -2.44. The van der Waals surface area contributed by atoms with Crippen LogP contribution >= 0.6 is 0 Å². The summed E-state index contributed by atoms with van der Waals surface area (Å²) in [7, 11) is 0. The van der Waals surface area contributed by atoms with Crippen LogP contribution in [0.5, 0.6) is 0 Å². The smallest absolute Gasteiger partial charge is 0.303 e. The number of amides is 2. The van der Waals surface area contributed by atoms with Gasteiger partial charge in [-0.3, -0.25) is 14.4 Å². The zero-order chi connectivity index (χ0) is 15.5. The Balaban J connectivity index is 2.52. The van der Waals surface area contributed by atoms with E-state index < -0.39 is 17.4 Å². The lowest BCUT2D eigenvalue weighted by molar-refractivity contribution is -0.140. The van der Waals surface area contributed by atoms with Crippen molar-refractivity contribution in [2.45, 2.75) is 59.0 Å². The second kappa shape index (κ2) is 6.24. The fraction of sp³-hybridized carbons (Fsp3) is 0.786. The zero-order valence-corrected chi connectivity index (χ0v) is 12.6. The maximum Gasteiger partial charge on any atom is 0.303 e. The van der Waals surface area contributed by atoms with Crippen LogP contribution in [0, 0.1) is 5.41 Å². The molecule has 0 radical (unpaired) electrons. The summed E-state index contributed by atoms with van der Waals surface area (Å²) >= 11 is 0. The number of hydrogen-bond donors (Lipinski definition) is 2. The zero-order valence-electron chi connectivity index (χ0n) is 12.6. The van der Waals surface area contributed by atoms with Crippen LogP contribution in [-0.4, -0.2) is 46.4 Å². The van der Waals surface area contributed by atoms with E-state index >= 15 is 0 Å². The molecule has 0 aliphatic carbocycles. The Morgan fingerprint density at radius 3 is 2.45 bits per heavy atom. The third-order valence-electron chi connectivity index (χ3n) is 3.47. The van der Waals surface area contributed by atoms with Gasteiger partial charge in [0.2, 0.25) is 11.8 Å². The molecule has 1 rings (SSSR count). The second-order valence-electron chi connectivity index (χ2n) is 6.45. The van der Waals surface area contributed by atoms with Gasteiger partial charge in [-0.15, -0.1) is 0 Å². The fourth-order valence-corrected chi connectivity index (χ4v) is 2.50. The van der Waals surface area contributed by atoms with E-state index in [9.17, 15) is 14.4 Å². The summed E-state index contributed by atoms with van der Waals surface area (Å²) in [4.78, 5) is 36.4. The monoisotopic (exact) mass is 284 g/mol. The van der Waals surface area contributed by atoms with Gasteiger partial charge in [0.15, 0.2) is 0 Å². The Hall–Kier alpha value is -1.59. The molecule has 0 bridgehead atoms. The molecule has 1 saturated heterocycles. The maximum atomic E-state index is 12.0. The van der Waals surface area contributed by atoms with Crippen molar-refractivity contribution in [2.24, 2.45) is 5.41 Å². The van der Waals surface area contributed by atoms with Crippen molar-refractivity contribution in [2.75, 3.05) is 6.54 Å². The molecular formula is C14H24N2O4. The van der Waals surface area contributed by atoms with Crippen molar-refractivity contribution in [1.82, 2.24) is 10.2 Å². The van der Waals surface area contributed by atoms with Crippen molar-refractivity contribution < 1.29 is 19.5 Å². The predicted octanol–water partition coefficient (Wildman–Crippen LogP) is 1.00. The fourth-order valence-electron chi connectivity index (χ4n) is 2.50. The molecule has 2 N–H and O–H groups in total. The Morgan fingerprint density at radius 1 is 1.40 bits per heavy atom. The van der Waals surface area contributed by atoms with Crippen molar-refractivity contribution in [3.63, 3.8) is 0 Å². The van der Waals surface area contributed by atoms with Gasteiger partial charge in [0.1, 0.15) is 6.04 Å². The van der Waals surface area contributed by atoms with E-state index in [1.807, 2.05) is 13.8 Å². The molecule has 0 aromatic heterocycles. The highest BCUT2D eigenvalue weighted by Gasteiger charge is 2.35. The van der Waals surface area contributed by atoms with Gasteiger partial charge in [-0.1, -0.05) is 13.8 Å². The van der Waals surface area contributed by atoms with Crippen LogP contribution in [0.25, 0.3) is 0 Å². The van der Waals surface area contributed by atoms with E-state index in [2.05, 4.69) is 5.32 Å². The molecule has 1 heterocycles. The molecule has 1 fully saturated rings. The van der Waals surface area contributed by atoms with Crippen LogP contribution in [0.2, 0.25) is 0 Å². The number of nitrogens with one attached hydrogen (secondary N) is 1. The van der Waals surface area contributed by atoms with Crippen LogP contribution in [-0.2, 0) is 14.4 Å². The molecule has 1 aliphatic rings. The van der Waals surface area contributed by atoms with Gasteiger partial charge in [-0.2, -0.15) is 0 Å². The minimum Gasteiger partial charge on any atom is -0.481 e. The van der Waals surface area contributed by atoms with Gasteiger partial charge in [0, 0.05) is 19.0 Å². The average molecular weight is 284 g/mol. The van der Waals surface area contributed by atoms with E-state index in [0.29, 0.717) is 13.0 Å². The van der Waals surface area contributed by atoms with Crippen LogP contribution in [0.3, 0.4) is 0 Å². The van der Waals surface area contributed by atoms with Gasteiger partial charge < -0.3 is 15.3 Å². The Bertz CT molecular complexity index is 404. The molecular weight excluding hydrogens is 260 g/mol. The quantitative estimate of drug-likeness (QED) is 0.762. The second-order valence-corrected chi connectivity index (χ2v) is 6.45. The number of carbonyl (C=O) groups excluding carboxylic acids is 2. The molecule has 2 amide bonds. The number of carboxylic acids is 1. The molecule has 114 valence electrons. The third kappa shape index (κ3) is 4.51. The number of carbonyl (C=O) groups is 3. The SMILES string of the molecule is CC(C)N1CCC(NC(=O)CC(C)(C)CC(=O)O)C1=O. The Labute approximate surface area is 119 Å². The maximum absolute atomic E-state index is 12.0. The van der Waals surface area contributed by atoms with E-state index in [-0.39, 0.29) is 30.7 Å². The van der Waals surface area contributed by atoms with Crippen LogP contribution in [0.4, 0.5) is 0 Å². The number of likely N-dealkylation sites (tertiary alicyclic amines) is 1. The molecule has 1 unspecified atom stereocenters. The molecule has 6 heteroatoms. The number of rotatable bonds is 6.